The number of aliphatic carboxylic acids is 1. The van der Waals surface area contributed by atoms with Crippen molar-refractivity contribution in [2.24, 2.45) is 7.05 Å². The molecule has 186 valence electrons. The van der Waals surface area contributed by atoms with Crippen molar-refractivity contribution in [3.8, 4) is 5.75 Å². The Balaban J connectivity index is 0.000000509. The normalized spacial score (nSPS) is 16.4. The summed E-state index contributed by atoms with van der Waals surface area (Å²) in [6.45, 7) is 1.59. The highest BCUT2D eigenvalue weighted by atomic mass is 19.4. The van der Waals surface area contributed by atoms with Crippen LogP contribution in [-0.4, -0.2) is 69.5 Å². The summed E-state index contributed by atoms with van der Waals surface area (Å²) in [6.07, 6.45) is -5.08. The number of carboxylic acids is 1. The molecule has 10 nitrogen and oxygen atoms in total. The van der Waals surface area contributed by atoms with Crippen LogP contribution in [0.1, 0.15) is 27.9 Å². The first-order valence-corrected chi connectivity index (χ1v) is 9.73. The molecular formula is C20H22F4N4O6. The number of hydrogen-bond donors (Lipinski definition) is 3. The highest BCUT2D eigenvalue weighted by Gasteiger charge is 2.38. The average Bonchev–Trinajstić information content (AvgIpc) is 2.77. The molecule has 14 heteroatoms. The fourth-order valence-corrected chi connectivity index (χ4v) is 2.93. The number of carbonyl (C=O) groups is 2. The number of carboxylic acid groups (broad SMARTS) is 1. The fourth-order valence-electron chi connectivity index (χ4n) is 2.93. The van der Waals surface area contributed by atoms with Crippen LogP contribution in [0.4, 0.5) is 17.6 Å². The van der Waals surface area contributed by atoms with Gasteiger partial charge in [0, 0.05) is 20.1 Å². The third-order valence-corrected chi connectivity index (χ3v) is 4.80. The van der Waals surface area contributed by atoms with Gasteiger partial charge in [-0.1, -0.05) is 12.1 Å². The molecule has 1 amide bonds. The summed E-state index contributed by atoms with van der Waals surface area (Å²) in [7, 11) is 3.36. The van der Waals surface area contributed by atoms with Gasteiger partial charge in [-0.25, -0.2) is 14.2 Å². The van der Waals surface area contributed by atoms with E-state index < -0.39 is 35.2 Å². The van der Waals surface area contributed by atoms with E-state index in [4.69, 9.17) is 14.6 Å². The maximum Gasteiger partial charge on any atom is 0.490 e. The molecule has 1 atom stereocenters. The zero-order chi connectivity index (χ0) is 25.6. The molecule has 2 heterocycles. The van der Waals surface area contributed by atoms with Crippen LogP contribution in [0, 0.1) is 5.82 Å². The molecule has 1 unspecified atom stereocenters. The predicted molar refractivity (Wildman–Crippen MR) is 109 cm³/mol. The van der Waals surface area contributed by atoms with E-state index >= 15 is 0 Å². The lowest BCUT2D eigenvalue weighted by atomic mass is 10.2. The first-order valence-electron chi connectivity index (χ1n) is 9.73. The van der Waals surface area contributed by atoms with Gasteiger partial charge in [0.2, 0.25) is 5.75 Å². The molecule has 3 rings (SSSR count). The number of alkyl halides is 3. The van der Waals surface area contributed by atoms with E-state index in [1.165, 1.54) is 29.8 Å². The van der Waals surface area contributed by atoms with Crippen molar-refractivity contribution in [2.45, 2.75) is 18.8 Å². The van der Waals surface area contributed by atoms with Gasteiger partial charge >= 0.3 is 12.1 Å². The number of aromatic hydroxyl groups is 1. The summed E-state index contributed by atoms with van der Waals surface area (Å²) < 4.78 is 51.7. The zero-order valence-corrected chi connectivity index (χ0v) is 18.1. The number of carbonyl (C=O) groups excluding carboxylic acids is 1. The summed E-state index contributed by atoms with van der Waals surface area (Å²) in [5.74, 6) is -4.28. The Bertz CT molecular complexity index is 1110. The van der Waals surface area contributed by atoms with E-state index in [2.05, 4.69) is 10.3 Å². The number of aromatic nitrogens is 2. The van der Waals surface area contributed by atoms with Crippen molar-refractivity contribution in [1.29, 1.82) is 0 Å². The number of morpholine rings is 1. The van der Waals surface area contributed by atoms with Gasteiger partial charge in [-0.15, -0.1) is 0 Å². The van der Waals surface area contributed by atoms with Crippen molar-refractivity contribution >= 4 is 11.9 Å². The van der Waals surface area contributed by atoms with Gasteiger partial charge in [0.25, 0.3) is 11.5 Å². The smallest absolute Gasteiger partial charge is 0.490 e. The topological polar surface area (TPSA) is 134 Å². The molecule has 1 aromatic heterocycles. The molecule has 0 spiro atoms. The van der Waals surface area contributed by atoms with E-state index in [9.17, 15) is 32.3 Å². The van der Waals surface area contributed by atoms with E-state index in [1.54, 1.807) is 6.07 Å². The molecule has 0 saturated carbocycles. The number of nitrogens with one attached hydrogen (secondary N) is 1. The summed E-state index contributed by atoms with van der Waals surface area (Å²) in [5, 5.41) is 19.8. The number of halogens is 4. The number of ether oxygens (including phenoxy) is 1. The molecule has 0 radical (unpaired) electrons. The minimum Gasteiger partial charge on any atom is -0.501 e. The van der Waals surface area contributed by atoms with Gasteiger partial charge in [0.05, 0.1) is 19.3 Å². The van der Waals surface area contributed by atoms with Crippen LogP contribution in [0.3, 0.4) is 0 Å². The van der Waals surface area contributed by atoms with Crippen LogP contribution in [0.2, 0.25) is 0 Å². The summed E-state index contributed by atoms with van der Waals surface area (Å²) >= 11 is 0. The van der Waals surface area contributed by atoms with Gasteiger partial charge in [0.15, 0.2) is 5.69 Å². The third kappa shape index (κ3) is 6.74. The SMILES string of the molecule is CN1CCOCC1c1nc(C(=O)NCc2cccc(F)c2)c(O)c(=O)n1C.O=C(O)C(F)(F)F. The molecule has 0 bridgehead atoms. The molecular weight excluding hydrogens is 468 g/mol. The largest absolute Gasteiger partial charge is 0.501 e. The first kappa shape index (κ1) is 26.7. The van der Waals surface area contributed by atoms with Crippen LogP contribution >= 0.6 is 0 Å². The summed E-state index contributed by atoms with van der Waals surface area (Å²) in [4.78, 5) is 40.0. The van der Waals surface area contributed by atoms with Crippen molar-refractivity contribution in [3.63, 3.8) is 0 Å². The minimum atomic E-state index is -5.08. The number of amides is 1. The van der Waals surface area contributed by atoms with Crippen LogP contribution in [0.25, 0.3) is 0 Å². The van der Waals surface area contributed by atoms with Crippen LogP contribution in [0.5, 0.6) is 5.75 Å². The molecule has 1 aliphatic rings. The number of likely N-dealkylation sites (N-methyl/N-ethyl adjacent to an activating group) is 1. The molecule has 34 heavy (non-hydrogen) atoms. The third-order valence-electron chi connectivity index (χ3n) is 4.80. The molecule has 0 aliphatic carbocycles. The second kappa shape index (κ2) is 11.1. The molecule has 1 aromatic carbocycles. The Morgan fingerprint density at radius 1 is 1.29 bits per heavy atom. The first-order chi connectivity index (χ1) is 15.8. The number of rotatable bonds is 4. The average molecular weight is 490 g/mol. The van der Waals surface area contributed by atoms with E-state index in [0.717, 1.165) is 0 Å². The van der Waals surface area contributed by atoms with Gasteiger partial charge < -0.3 is 20.3 Å². The Morgan fingerprint density at radius 3 is 2.50 bits per heavy atom. The summed E-state index contributed by atoms with van der Waals surface area (Å²) in [5.41, 5.74) is -0.523. The van der Waals surface area contributed by atoms with Crippen LogP contribution in [-0.2, 0) is 23.1 Å². The highest BCUT2D eigenvalue weighted by Crippen LogP contribution is 2.22. The second-order valence-corrected chi connectivity index (χ2v) is 7.22. The molecule has 1 fully saturated rings. The second-order valence-electron chi connectivity index (χ2n) is 7.22. The van der Waals surface area contributed by atoms with E-state index in [-0.39, 0.29) is 18.3 Å². The maximum absolute atomic E-state index is 13.2. The Hall–Kier alpha value is -3.52. The lowest BCUT2D eigenvalue weighted by molar-refractivity contribution is -0.192. The van der Waals surface area contributed by atoms with Gasteiger partial charge in [-0.3, -0.25) is 19.1 Å². The van der Waals surface area contributed by atoms with E-state index in [1.807, 2.05) is 11.9 Å². The number of benzene rings is 1. The van der Waals surface area contributed by atoms with Crippen molar-refractivity contribution < 1.29 is 42.1 Å². The molecule has 1 saturated heterocycles. The predicted octanol–water partition coefficient (Wildman–Crippen LogP) is 1.19. The number of nitrogens with zero attached hydrogens (tertiary/aromatic N) is 3. The standard InChI is InChI=1S/C18H21FN4O4.C2HF3O2/c1-22-6-7-27-10-13(22)16-21-14(15(24)18(26)23(16)2)17(25)20-9-11-4-3-5-12(19)8-11;3-2(4,5)1(6)7/h3-5,8,13,24H,6-7,9-10H2,1-2H3,(H,20,25);(H,6,7). The highest BCUT2D eigenvalue weighted by molar-refractivity contribution is 5.94. The Morgan fingerprint density at radius 2 is 1.94 bits per heavy atom. The number of hydrogen-bond acceptors (Lipinski definition) is 7. The molecule has 1 aliphatic heterocycles. The lowest BCUT2D eigenvalue weighted by Crippen LogP contribution is -2.41. The fraction of sp³-hybridized carbons (Fsp3) is 0.400. The molecule has 2 aromatic rings. The minimum absolute atomic E-state index is 0.0364. The van der Waals surface area contributed by atoms with Crippen molar-refractivity contribution in [3.05, 3.63) is 57.5 Å². The van der Waals surface area contributed by atoms with E-state index in [0.29, 0.717) is 31.1 Å². The Kier molecular flexibility index (Phi) is 8.70. The quantitative estimate of drug-likeness (QED) is 0.545. The lowest BCUT2D eigenvalue weighted by Gasteiger charge is -2.32. The van der Waals surface area contributed by atoms with Crippen LogP contribution < -0.4 is 10.9 Å². The van der Waals surface area contributed by atoms with Gasteiger partial charge in [-0.2, -0.15) is 13.2 Å². The monoisotopic (exact) mass is 490 g/mol. The maximum atomic E-state index is 13.2. The van der Waals surface area contributed by atoms with Gasteiger partial charge in [-0.05, 0) is 24.7 Å². The Labute approximate surface area is 190 Å². The van der Waals surface area contributed by atoms with Crippen molar-refractivity contribution in [2.75, 3.05) is 26.8 Å². The van der Waals surface area contributed by atoms with Gasteiger partial charge in [0.1, 0.15) is 11.6 Å². The molecule has 3 N–H and O–H groups in total. The summed E-state index contributed by atoms with van der Waals surface area (Å²) in [6, 6.07) is 5.46. The van der Waals surface area contributed by atoms with Crippen molar-refractivity contribution in [1.82, 2.24) is 19.8 Å². The van der Waals surface area contributed by atoms with Crippen LogP contribution in [0.15, 0.2) is 29.1 Å². The zero-order valence-electron chi connectivity index (χ0n) is 18.1.